The number of aromatic nitrogens is 2. The van der Waals surface area contributed by atoms with Crippen molar-refractivity contribution in [3.8, 4) is 0 Å². The van der Waals surface area contributed by atoms with E-state index in [4.69, 9.17) is 4.74 Å². The predicted octanol–water partition coefficient (Wildman–Crippen LogP) is 1.75. The van der Waals surface area contributed by atoms with E-state index in [0.717, 1.165) is 37.0 Å². The van der Waals surface area contributed by atoms with Crippen molar-refractivity contribution < 1.29 is 9.84 Å². The number of piperidine rings is 1. The first-order valence-electron chi connectivity index (χ1n) is 8.76. The number of hydrogen-bond donors (Lipinski definition) is 2. The van der Waals surface area contributed by atoms with Gasteiger partial charge in [-0.2, -0.15) is 0 Å². The highest BCUT2D eigenvalue weighted by Gasteiger charge is 2.24. The van der Waals surface area contributed by atoms with E-state index in [1.807, 2.05) is 42.7 Å². The second-order valence-corrected chi connectivity index (χ2v) is 6.88. The highest BCUT2D eigenvalue weighted by atomic mass is 16.5. The van der Waals surface area contributed by atoms with Crippen LogP contribution in [0.3, 0.4) is 0 Å². The average Bonchev–Trinajstić information content (AvgIpc) is 2.89. The minimum atomic E-state index is -0.459. The van der Waals surface area contributed by atoms with Gasteiger partial charge in [0.25, 0.3) is 0 Å². The lowest BCUT2D eigenvalue weighted by atomic mass is 10.0. The molecule has 0 bridgehead atoms. The van der Waals surface area contributed by atoms with Crippen LogP contribution in [0.4, 0.5) is 0 Å². The second-order valence-electron chi connectivity index (χ2n) is 6.88. The fraction of sp³-hybridized carbons (Fsp3) is 0.611. The summed E-state index contributed by atoms with van der Waals surface area (Å²) in [5.74, 6) is 0. The quantitative estimate of drug-likeness (QED) is 0.845. The zero-order valence-electron chi connectivity index (χ0n) is 14.4. The molecule has 1 unspecified atom stereocenters. The molecular formula is C18H27N3O3. The molecule has 6 nitrogen and oxygen atoms in total. The first-order valence-corrected chi connectivity index (χ1v) is 8.76. The molecule has 2 N–H and O–H groups in total. The van der Waals surface area contributed by atoms with Crippen LogP contribution < -0.4 is 5.69 Å². The Balaban J connectivity index is 1.59. The summed E-state index contributed by atoms with van der Waals surface area (Å²) in [6.45, 7) is 6.71. The van der Waals surface area contributed by atoms with Crippen LogP contribution in [-0.4, -0.2) is 58.0 Å². The number of aliphatic hydroxyl groups excluding tert-OH is 1. The van der Waals surface area contributed by atoms with Crippen LogP contribution >= 0.6 is 0 Å². The van der Waals surface area contributed by atoms with Crippen molar-refractivity contribution >= 4 is 11.0 Å². The molecule has 0 radical (unpaired) electrons. The maximum Gasteiger partial charge on any atom is 0.326 e. The molecule has 1 aliphatic heterocycles. The number of imidazole rings is 1. The van der Waals surface area contributed by atoms with Gasteiger partial charge in [0, 0.05) is 25.7 Å². The van der Waals surface area contributed by atoms with E-state index in [2.05, 4.69) is 9.88 Å². The Kier molecular flexibility index (Phi) is 5.38. The summed E-state index contributed by atoms with van der Waals surface area (Å²) in [4.78, 5) is 17.5. The van der Waals surface area contributed by atoms with Gasteiger partial charge >= 0.3 is 5.69 Å². The molecule has 2 aromatic rings. The van der Waals surface area contributed by atoms with E-state index in [1.54, 1.807) is 0 Å². The summed E-state index contributed by atoms with van der Waals surface area (Å²) in [7, 11) is 0. The molecule has 0 amide bonds. The molecule has 2 heterocycles. The van der Waals surface area contributed by atoms with Crippen molar-refractivity contribution in [3.05, 3.63) is 34.7 Å². The summed E-state index contributed by atoms with van der Waals surface area (Å²) >= 11 is 0. The van der Waals surface area contributed by atoms with Crippen molar-refractivity contribution in [2.45, 2.75) is 44.9 Å². The van der Waals surface area contributed by atoms with Gasteiger partial charge in [0.05, 0.1) is 29.8 Å². The van der Waals surface area contributed by atoms with E-state index in [-0.39, 0.29) is 17.8 Å². The van der Waals surface area contributed by atoms with Gasteiger partial charge in [0.15, 0.2) is 0 Å². The summed E-state index contributed by atoms with van der Waals surface area (Å²) < 4.78 is 7.36. The minimum absolute atomic E-state index is 0.0278. The van der Waals surface area contributed by atoms with E-state index >= 15 is 0 Å². The van der Waals surface area contributed by atoms with E-state index in [9.17, 15) is 9.90 Å². The van der Waals surface area contributed by atoms with E-state index in [0.29, 0.717) is 13.2 Å². The average molecular weight is 333 g/mol. The topological polar surface area (TPSA) is 70.5 Å². The Morgan fingerprint density at radius 1 is 1.29 bits per heavy atom. The number of para-hydroxylation sites is 2. The zero-order valence-corrected chi connectivity index (χ0v) is 14.4. The molecule has 1 aliphatic rings. The summed E-state index contributed by atoms with van der Waals surface area (Å²) in [6, 6.07) is 8.05. The van der Waals surface area contributed by atoms with Gasteiger partial charge in [-0.05, 0) is 38.8 Å². The number of β-amino-alcohol motifs (C(OH)–C–C–N with tert-alkyl or cyclic N) is 1. The molecule has 0 saturated carbocycles. The molecule has 6 heteroatoms. The first-order chi connectivity index (χ1) is 11.5. The number of aliphatic hydroxyl groups is 1. The lowest BCUT2D eigenvalue weighted by molar-refractivity contribution is -0.0121. The third-order valence-corrected chi connectivity index (χ3v) is 4.64. The molecule has 1 atom stereocenters. The molecule has 1 aromatic carbocycles. The monoisotopic (exact) mass is 333 g/mol. The minimum Gasteiger partial charge on any atom is -0.389 e. The number of fused-ring (bicyclic) bond motifs is 1. The van der Waals surface area contributed by atoms with Gasteiger partial charge in [-0.15, -0.1) is 0 Å². The van der Waals surface area contributed by atoms with Crippen LogP contribution in [0.1, 0.15) is 32.7 Å². The van der Waals surface area contributed by atoms with Crippen molar-refractivity contribution in [1.82, 2.24) is 14.5 Å². The molecule has 0 aliphatic carbocycles. The molecule has 132 valence electrons. The Morgan fingerprint density at radius 2 is 2.00 bits per heavy atom. The molecular weight excluding hydrogens is 306 g/mol. The number of rotatable bonds is 6. The van der Waals surface area contributed by atoms with Crippen LogP contribution in [0.2, 0.25) is 0 Å². The fourth-order valence-electron chi connectivity index (χ4n) is 3.45. The van der Waals surface area contributed by atoms with Crippen LogP contribution in [0.5, 0.6) is 0 Å². The van der Waals surface area contributed by atoms with E-state index < -0.39 is 6.10 Å². The number of likely N-dealkylation sites (tertiary alicyclic amines) is 1. The maximum atomic E-state index is 12.3. The van der Waals surface area contributed by atoms with Crippen molar-refractivity contribution in [2.24, 2.45) is 0 Å². The number of aromatic amines is 1. The highest BCUT2D eigenvalue weighted by molar-refractivity contribution is 5.75. The summed E-state index contributed by atoms with van der Waals surface area (Å²) in [5.41, 5.74) is 1.84. The second kappa shape index (κ2) is 7.51. The van der Waals surface area contributed by atoms with Gasteiger partial charge in [0.1, 0.15) is 0 Å². The van der Waals surface area contributed by atoms with Crippen LogP contribution in [0, 0.1) is 0 Å². The number of nitrogens with zero attached hydrogens (tertiary/aromatic N) is 2. The predicted molar refractivity (Wildman–Crippen MR) is 94.4 cm³/mol. The Bertz CT molecular complexity index is 714. The highest BCUT2D eigenvalue weighted by Crippen LogP contribution is 2.24. The largest absolute Gasteiger partial charge is 0.389 e. The number of H-pyrrole nitrogens is 1. The van der Waals surface area contributed by atoms with Gasteiger partial charge in [-0.1, -0.05) is 12.1 Å². The SMILES string of the molecule is CC(C)OCC(O)CN1CCC(n2c(=O)[nH]c3ccccc32)CC1. The maximum absolute atomic E-state index is 12.3. The standard InChI is InChI=1S/C18H27N3O3/c1-13(2)24-12-15(22)11-20-9-7-14(8-10-20)21-17-6-4-3-5-16(17)19-18(21)23/h3-6,13-15,22H,7-12H2,1-2H3,(H,19,23). The smallest absolute Gasteiger partial charge is 0.326 e. The number of ether oxygens (including phenoxy) is 1. The van der Waals surface area contributed by atoms with Crippen LogP contribution in [0.25, 0.3) is 11.0 Å². The summed E-state index contributed by atoms with van der Waals surface area (Å²) in [6.07, 6.45) is 1.51. The van der Waals surface area contributed by atoms with Crippen molar-refractivity contribution in [2.75, 3.05) is 26.2 Å². The molecule has 1 aromatic heterocycles. The van der Waals surface area contributed by atoms with Gasteiger partial charge in [0.2, 0.25) is 0 Å². The zero-order chi connectivity index (χ0) is 17.1. The number of hydrogen-bond acceptors (Lipinski definition) is 4. The van der Waals surface area contributed by atoms with Crippen molar-refractivity contribution in [3.63, 3.8) is 0 Å². The Morgan fingerprint density at radius 3 is 2.71 bits per heavy atom. The molecule has 0 spiro atoms. The van der Waals surface area contributed by atoms with Gasteiger partial charge in [-0.3, -0.25) is 4.57 Å². The van der Waals surface area contributed by atoms with Crippen molar-refractivity contribution in [1.29, 1.82) is 0 Å². The van der Waals surface area contributed by atoms with Crippen LogP contribution in [-0.2, 0) is 4.74 Å². The normalized spacial score (nSPS) is 18.5. The molecule has 1 saturated heterocycles. The fourth-order valence-corrected chi connectivity index (χ4v) is 3.45. The van der Waals surface area contributed by atoms with Gasteiger partial charge < -0.3 is 19.7 Å². The third-order valence-electron chi connectivity index (χ3n) is 4.64. The lowest BCUT2D eigenvalue weighted by Crippen LogP contribution is -2.42. The summed E-state index contributed by atoms with van der Waals surface area (Å²) in [5, 5.41) is 10.1. The number of nitrogens with one attached hydrogen (secondary N) is 1. The third kappa shape index (κ3) is 3.88. The molecule has 3 rings (SSSR count). The van der Waals surface area contributed by atoms with Crippen LogP contribution in [0.15, 0.2) is 29.1 Å². The molecule has 1 fully saturated rings. The Hall–Kier alpha value is -1.63. The lowest BCUT2D eigenvalue weighted by Gasteiger charge is -2.33. The molecule has 24 heavy (non-hydrogen) atoms. The Labute approximate surface area is 142 Å². The van der Waals surface area contributed by atoms with E-state index in [1.165, 1.54) is 0 Å². The first kappa shape index (κ1) is 17.2. The van der Waals surface area contributed by atoms with Gasteiger partial charge in [-0.25, -0.2) is 4.79 Å². The number of benzene rings is 1.